The lowest BCUT2D eigenvalue weighted by Gasteiger charge is -2.15. The highest BCUT2D eigenvalue weighted by Crippen LogP contribution is 2.19. The van der Waals surface area contributed by atoms with Crippen LogP contribution in [0.1, 0.15) is 20.8 Å². The van der Waals surface area contributed by atoms with E-state index in [2.05, 4.69) is 10.1 Å². The molecule has 0 aromatic heterocycles. The van der Waals surface area contributed by atoms with E-state index in [0.717, 1.165) is 0 Å². The number of carbonyl (C=O) groups is 2. The van der Waals surface area contributed by atoms with Crippen molar-refractivity contribution in [3.05, 3.63) is 41.1 Å². The molecule has 0 saturated heterocycles. The molecule has 0 atom stereocenters. The van der Waals surface area contributed by atoms with Gasteiger partial charge in [0, 0.05) is 22.2 Å². The number of methoxy groups -OCH3 is 1. The molecule has 5 heteroatoms. The summed E-state index contributed by atoms with van der Waals surface area (Å²) in [5, 5.41) is 3.45. The maximum atomic E-state index is 12.0. The van der Waals surface area contributed by atoms with Crippen molar-refractivity contribution in [1.29, 1.82) is 0 Å². The molecule has 108 valence electrons. The van der Waals surface area contributed by atoms with Gasteiger partial charge in [-0.25, -0.2) is 4.79 Å². The lowest BCUT2D eigenvalue weighted by Crippen LogP contribution is -2.22. The van der Waals surface area contributed by atoms with Gasteiger partial charge in [0.1, 0.15) is 5.70 Å². The van der Waals surface area contributed by atoms with Crippen molar-refractivity contribution in [3.8, 4) is 0 Å². The molecule has 0 aliphatic heterocycles. The van der Waals surface area contributed by atoms with E-state index in [4.69, 9.17) is 11.6 Å². The first-order chi connectivity index (χ1) is 9.24. The average molecular weight is 296 g/mol. The number of anilines is 1. The third kappa shape index (κ3) is 4.70. The van der Waals surface area contributed by atoms with Gasteiger partial charge in [-0.1, -0.05) is 32.4 Å². The molecule has 0 amide bonds. The smallest absolute Gasteiger partial charge is 0.354 e. The number of carbonyl (C=O) groups excluding carboxylic acids is 2. The van der Waals surface area contributed by atoms with Gasteiger partial charge >= 0.3 is 5.97 Å². The molecule has 1 N–H and O–H groups in total. The van der Waals surface area contributed by atoms with Gasteiger partial charge in [0.15, 0.2) is 5.78 Å². The Balaban J connectivity index is 3.02. The second kappa shape index (κ2) is 6.57. The minimum absolute atomic E-state index is 0.0924. The molecule has 1 rings (SSSR count). The van der Waals surface area contributed by atoms with Crippen molar-refractivity contribution in [3.63, 3.8) is 0 Å². The lowest BCUT2D eigenvalue weighted by atomic mass is 9.90. The van der Waals surface area contributed by atoms with Crippen molar-refractivity contribution in [2.45, 2.75) is 20.8 Å². The van der Waals surface area contributed by atoms with E-state index in [0.29, 0.717) is 10.7 Å². The zero-order valence-corrected chi connectivity index (χ0v) is 12.7. The summed E-state index contributed by atoms with van der Waals surface area (Å²) in [5.41, 5.74) is 0.170. The third-order valence-corrected chi connectivity index (χ3v) is 2.80. The Kier molecular flexibility index (Phi) is 5.34. The minimum Gasteiger partial charge on any atom is -0.464 e. The molecule has 20 heavy (non-hydrogen) atoms. The monoisotopic (exact) mass is 295 g/mol. The van der Waals surface area contributed by atoms with E-state index in [1.165, 1.54) is 13.2 Å². The summed E-state index contributed by atoms with van der Waals surface area (Å²) in [7, 11) is 1.27. The van der Waals surface area contributed by atoms with Crippen LogP contribution in [0, 0.1) is 5.41 Å². The molecule has 0 radical (unpaired) electrons. The van der Waals surface area contributed by atoms with Gasteiger partial charge in [-0.3, -0.25) is 4.79 Å². The summed E-state index contributed by atoms with van der Waals surface area (Å²) in [6, 6.07) is 6.79. The van der Waals surface area contributed by atoms with E-state index >= 15 is 0 Å². The van der Waals surface area contributed by atoms with Crippen LogP contribution >= 0.6 is 11.6 Å². The van der Waals surface area contributed by atoms with Gasteiger partial charge in [0.2, 0.25) is 0 Å². The summed E-state index contributed by atoms with van der Waals surface area (Å²) >= 11 is 5.79. The second-order valence-electron chi connectivity index (χ2n) is 5.30. The van der Waals surface area contributed by atoms with Crippen molar-refractivity contribution in [2.24, 2.45) is 5.41 Å². The van der Waals surface area contributed by atoms with E-state index < -0.39 is 11.4 Å². The zero-order chi connectivity index (χ0) is 15.3. The first kappa shape index (κ1) is 16.2. The maximum Gasteiger partial charge on any atom is 0.354 e. The van der Waals surface area contributed by atoms with Gasteiger partial charge in [-0.05, 0) is 24.3 Å². The topological polar surface area (TPSA) is 55.4 Å². The summed E-state index contributed by atoms with van der Waals surface area (Å²) in [6.45, 7) is 5.34. The number of hydrogen-bond acceptors (Lipinski definition) is 4. The normalized spacial score (nSPS) is 11.9. The zero-order valence-electron chi connectivity index (χ0n) is 12.0. The number of halogens is 1. The SMILES string of the molecule is COC(=O)C(=CC(=O)C(C)(C)C)Nc1ccc(Cl)cc1. The molecular formula is C15H18ClNO3. The van der Waals surface area contributed by atoms with Crippen LogP contribution in [0.25, 0.3) is 0 Å². The molecule has 0 unspecified atom stereocenters. The highest BCUT2D eigenvalue weighted by Gasteiger charge is 2.22. The molecule has 0 spiro atoms. The predicted molar refractivity (Wildman–Crippen MR) is 79.6 cm³/mol. The van der Waals surface area contributed by atoms with Gasteiger partial charge in [0.05, 0.1) is 7.11 Å². The number of benzene rings is 1. The summed E-state index contributed by atoms with van der Waals surface area (Å²) in [5.74, 6) is -0.767. The maximum absolute atomic E-state index is 12.0. The molecule has 1 aromatic rings. The number of rotatable bonds is 4. The number of allylic oxidation sites excluding steroid dienone is 1. The van der Waals surface area contributed by atoms with Gasteiger partial charge in [-0.15, -0.1) is 0 Å². The molecule has 0 fully saturated rings. The molecule has 0 aliphatic rings. The Morgan fingerprint density at radius 2 is 1.75 bits per heavy atom. The highest BCUT2D eigenvalue weighted by molar-refractivity contribution is 6.30. The largest absolute Gasteiger partial charge is 0.464 e. The fourth-order valence-corrected chi connectivity index (χ4v) is 1.42. The van der Waals surface area contributed by atoms with Crippen molar-refractivity contribution >= 4 is 29.0 Å². The molecule has 0 bridgehead atoms. The number of ether oxygens (including phenoxy) is 1. The van der Waals surface area contributed by atoms with Crippen LogP contribution < -0.4 is 5.32 Å². The van der Waals surface area contributed by atoms with E-state index in [1.54, 1.807) is 45.0 Å². The summed E-state index contributed by atoms with van der Waals surface area (Å²) in [6.07, 6.45) is 1.26. The van der Waals surface area contributed by atoms with Gasteiger partial charge in [0.25, 0.3) is 0 Å². The molecule has 1 aromatic carbocycles. The predicted octanol–water partition coefficient (Wildman–Crippen LogP) is 3.42. The van der Waals surface area contributed by atoms with Crippen LogP contribution in [0.4, 0.5) is 5.69 Å². The quantitative estimate of drug-likeness (QED) is 0.683. The number of hydrogen-bond donors (Lipinski definition) is 1. The van der Waals surface area contributed by atoms with Crippen LogP contribution in [0.5, 0.6) is 0 Å². The van der Waals surface area contributed by atoms with Crippen LogP contribution in [-0.4, -0.2) is 18.9 Å². The first-order valence-corrected chi connectivity index (χ1v) is 6.49. The Morgan fingerprint density at radius 3 is 2.20 bits per heavy atom. The fourth-order valence-electron chi connectivity index (χ4n) is 1.29. The summed E-state index contributed by atoms with van der Waals surface area (Å²) in [4.78, 5) is 23.7. The van der Waals surface area contributed by atoms with Crippen LogP contribution in [0.3, 0.4) is 0 Å². The average Bonchev–Trinajstić information content (AvgIpc) is 2.38. The highest BCUT2D eigenvalue weighted by atomic mass is 35.5. The van der Waals surface area contributed by atoms with Gasteiger partial charge in [-0.2, -0.15) is 0 Å². The Labute approximate surface area is 123 Å². The second-order valence-corrected chi connectivity index (χ2v) is 5.73. The van der Waals surface area contributed by atoms with E-state index in [-0.39, 0.29) is 11.5 Å². The third-order valence-electron chi connectivity index (χ3n) is 2.54. The van der Waals surface area contributed by atoms with Crippen molar-refractivity contribution in [2.75, 3.05) is 12.4 Å². The Bertz CT molecular complexity index is 527. The van der Waals surface area contributed by atoms with E-state index in [1.807, 2.05) is 0 Å². The molecular weight excluding hydrogens is 278 g/mol. The lowest BCUT2D eigenvalue weighted by molar-refractivity contribution is -0.136. The van der Waals surface area contributed by atoms with Crippen LogP contribution in [-0.2, 0) is 14.3 Å². The Morgan fingerprint density at radius 1 is 1.20 bits per heavy atom. The number of nitrogens with one attached hydrogen (secondary N) is 1. The molecule has 4 nitrogen and oxygen atoms in total. The first-order valence-electron chi connectivity index (χ1n) is 6.11. The van der Waals surface area contributed by atoms with Crippen molar-refractivity contribution < 1.29 is 14.3 Å². The standard InChI is InChI=1S/C15H18ClNO3/c1-15(2,3)13(18)9-12(14(19)20-4)17-11-7-5-10(16)6-8-11/h5-9,17H,1-4H3. The number of ketones is 1. The van der Waals surface area contributed by atoms with Crippen LogP contribution in [0.2, 0.25) is 5.02 Å². The summed E-state index contributed by atoms with van der Waals surface area (Å²) < 4.78 is 4.67. The molecule has 0 aliphatic carbocycles. The minimum atomic E-state index is -0.599. The van der Waals surface area contributed by atoms with E-state index in [9.17, 15) is 9.59 Å². The van der Waals surface area contributed by atoms with Crippen LogP contribution in [0.15, 0.2) is 36.0 Å². The van der Waals surface area contributed by atoms with Gasteiger partial charge < -0.3 is 10.1 Å². The molecule has 0 heterocycles. The Hall–Kier alpha value is -1.81. The number of esters is 1. The van der Waals surface area contributed by atoms with Crippen molar-refractivity contribution in [1.82, 2.24) is 0 Å². The fraction of sp³-hybridized carbons (Fsp3) is 0.333. The molecule has 0 saturated carbocycles.